The zero-order chi connectivity index (χ0) is 14.0. The average molecular weight is 328 g/mol. The quantitative estimate of drug-likeness (QED) is 0.657. The second-order valence-corrected chi connectivity index (χ2v) is 5.47. The number of anilines is 1. The Morgan fingerprint density at radius 3 is 2.74 bits per heavy atom. The topological polar surface area (TPSA) is 98.3 Å². The molecule has 1 aromatic rings. The van der Waals surface area contributed by atoms with Gasteiger partial charge in [0.2, 0.25) is 5.91 Å². The lowest BCUT2D eigenvalue weighted by atomic mass is 10.0. The van der Waals surface area contributed by atoms with Gasteiger partial charge in [-0.2, -0.15) is 0 Å². The first kappa shape index (κ1) is 14.0. The molecule has 0 aliphatic heterocycles. The zero-order valence-electron chi connectivity index (χ0n) is 10.1. The van der Waals surface area contributed by atoms with E-state index in [9.17, 15) is 14.9 Å². The molecule has 7 heteroatoms. The van der Waals surface area contributed by atoms with Crippen LogP contribution in [0, 0.1) is 16.0 Å². The number of halogens is 1. The summed E-state index contributed by atoms with van der Waals surface area (Å²) in [5, 5.41) is 13.4. The number of nitrogens with one attached hydrogen (secondary N) is 1. The van der Waals surface area contributed by atoms with Crippen molar-refractivity contribution in [3.63, 3.8) is 0 Å². The smallest absolute Gasteiger partial charge is 0.270 e. The standard InChI is InChI=1S/C12H14BrN3O3/c13-9-6-7(16(18)19)4-5-11(9)15-12(17)8-2-1-3-10(8)14/h4-6,8,10H,1-3,14H2,(H,15,17). The SMILES string of the molecule is NC1CCCC1C(=O)Nc1ccc([N+](=O)[O-])cc1Br. The molecule has 0 heterocycles. The summed E-state index contributed by atoms with van der Waals surface area (Å²) in [4.78, 5) is 22.2. The van der Waals surface area contributed by atoms with E-state index in [-0.39, 0.29) is 23.6 Å². The maximum Gasteiger partial charge on any atom is 0.270 e. The molecule has 2 unspecified atom stereocenters. The Hall–Kier alpha value is -1.47. The number of carbonyl (C=O) groups is 1. The molecule has 102 valence electrons. The van der Waals surface area contributed by atoms with Crippen LogP contribution in [0.2, 0.25) is 0 Å². The number of nitrogens with zero attached hydrogens (tertiary/aromatic N) is 1. The Kier molecular flexibility index (Phi) is 4.16. The van der Waals surface area contributed by atoms with E-state index in [0.29, 0.717) is 10.2 Å². The van der Waals surface area contributed by atoms with Gasteiger partial charge in [0.05, 0.1) is 16.5 Å². The second kappa shape index (κ2) is 5.66. The summed E-state index contributed by atoms with van der Waals surface area (Å²) in [6, 6.07) is 4.14. The molecular weight excluding hydrogens is 314 g/mol. The first-order chi connectivity index (χ1) is 8.99. The van der Waals surface area contributed by atoms with Crippen molar-refractivity contribution >= 4 is 33.2 Å². The fraction of sp³-hybridized carbons (Fsp3) is 0.417. The van der Waals surface area contributed by atoms with Gasteiger partial charge in [0, 0.05) is 22.6 Å². The molecule has 0 bridgehead atoms. The molecule has 2 rings (SSSR count). The van der Waals surface area contributed by atoms with Crippen LogP contribution in [0.4, 0.5) is 11.4 Å². The van der Waals surface area contributed by atoms with E-state index >= 15 is 0 Å². The summed E-state index contributed by atoms with van der Waals surface area (Å²) >= 11 is 3.22. The van der Waals surface area contributed by atoms with Gasteiger partial charge in [-0.05, 0) is 34.8 Å². The maximum atomic E-state index is 12.1. The van der Waals surface area contributed by atoms with Gasteiger partial charge in [0.15, 0.2) is 0 Å². The average Bonchev–Trinajstić information content (AvgIpc) is 2.77. The third kappa shape index (κ3) is 3.10. The zero-order valence-corrected chi connectivity index (χ0v) is 11.7. The number of amides is 1. The highest BCUT2D eigenvalue weighted by atomic mass is 79.9. The Morgan fingerprint density at radius 2 is 2.21 bits per heavy atom. The summed E-state index contributed by atoms with van der Waals surface area (Å²) < 4.78 is 0.488. The summed E-state index contributed by atoms with van der Waals surface area (Å²) in [6.45, 7) is 0. The van der Waals surface area contributed by atoms with Gasteiger partial charge in [-0.25, -0.2) is 0 Å². The lowest BCUT2D eigenvalue weighted by Gasteiger charge is -2.15. The van der Waals surface area contributed by atoms with Crippen molar-refractivity contribution in [2.75, 3.05) is 5.32 Å². The van der Waals surface area contributed by atoms with Gasteiger partial charge in [0.1, 0.15) is 0 Å². The van der Waals surface area contributed by atoms with Crippen molar-refractivity contribution in [3.8, 4) is 0 Å². The van der Waals surface area contributed by atoms with E-state index in [0.717, 1.165) is 19.3 Å². The Bertz CT molecular complexity index is 521. The first-order valence-corrected chi connectivity index (χ1v) is 6.78. The predicted molar refractivity (Wildman–Crippen MR) is 74.7 cm³/mol. The van der Waals surface area contributed by atoms with E-state index in [1.54, 1.807) is 0 Å². The summed E-state index contributed by atoms with van der Waals surface area (Å²) in [5.41, 5.74) is 6.37. The van der Waals surface area contributed by atoms with E-state index in [1.165, 1.54) is 18.2 Å². The number of nitro groups is 1. The molecular formula is C12H14BrN3O3. The van der Waals surface area contributed by atoms with Crippen molar-refractivity contribution in [1.29, 1.82) is 0 Å². The van der Waals surface area contributed by atoms with Gasteiger partial charge in [-0.15, -0.1) is 0 Å². The third-order valence-electron chi connectivity index (χ3n) is 3.33. The number of carbonyl (C=O) groups excluding carboxylic acids is 1. The lowest BCUT2D eigenvalue weighted by Crippen LogP contribution is -2.34. The van der Waals surface area contributed by atoms with Crippen molar-refractivity contribution in [2.45, 2.75) is 25.3 Å². The molecule has 1 amide bonds. The van der Waals surface area contributed by atoms with E-state index in [1.807, 2.05) is 0 Å². The Morgan fingerprint density at radius 1 is 1.47 bits per heavy atom. The number of nitro benzene ring substituents is 1. The van der Waals surface area contributed by atoms with Gasteiger partial charge >= 0.3 is 0 Å². The highest BCUT2D eigenvalue weighted by Gasteiger charge is 2.30. The number of nitrogens with two attached hydrogens (primary N) is 1. The molecule has 1 aliphatic carbocycles. The van der Waals surface area contributed by atoms with E-state index in [4.69, 9.17) is 5.73 Å². The highest BCUT2D eigenvalue weighted by molar-refractivity contribution is 9.10. The molecule has 1 fully saturated rings. The van der Waals surface area contributed by atoms with Gasteiger partial charge in [-0.3, -0.25) is 14.9 Å². The lowest BCUT2D eigenvalue weighted by molar-refractivity contribution is -0.384. The number of hydrogen-bond acceptors (Lipinski definition) is 4. The first-order valence-electron chi connectivity index (χ1n) is 5.99. The summed E-state index contributed by atoms with van der Waals surface area (Å²) in [6.07, 6.45) is 2.61. The van der Waals surface area contributed by atoms with Crippen LogP contribution >= 0.6 is 15.9 Å². The molecule has 0 spiro atoms. The molecule has 3 N–H and O–H groups in total. The summed E-state index contributed by atoms with van der Waals surface area (Å²) in [5.74, 6) is -0.304. The van der Waals surface area contributed by atoms with Gasteiger partial charge < -0.3 is 11.1 Å². The molecule has 19 heavy (non-hydrogen) atoms. The van der Waals surface area contributed by atoms with E-state index < -0.39 is 4.92 Å². The number of rotatable bonds is 3. The third-order valence-corrected chi connectivity index (χ3v) is 3.98. The molecule has 1 aliphatic rings. The van der Waals surface area contributed by atoms with Crippen LogP contribution in [0.5, 0.6) is 0 Å². The minimum Gasteiger partial charge on any atom is -0.327 e. The van der Waals surface area contributed by atoms with Crippen molar-refractivity contribution in [3.05, 3.63) is 32.8 Å². The molecule has 0 radical (unpaired) electrons. The predicted octanol–water partition coefficient (Wildman–Crippen LogP) is 2.42. The number of hydrogen-bond donors (Lipinski definition) is 2. The largest absolute Gasteiger partial charge is 0.327 e. The normalized spacial score (nSPS) is 22.2. The van der Waals surface area contributed by atoms with Crippen LogP contribution < -0.4 is 11.1 Å². The fourth-order valence-electron chi connectivity index (χ4n) is 2.26. The molecule has 0 saturated heterocycles. The number of benzene rings is 1. The van der Waals surface area contributed by atoms with Crippen molar-refractivity contribution in [2.24, 2.45) is 11.7 Å². The Balaban J connectivity index is 2.11. The maximum absolute atomic E-state index is 12.1. The molecule has 1 aromatic carbocycles. The van der Waals surface area contributed by atoms with Crippen LogP contribution in [0.3, 0.4) is 0 Å². The van der Waals surface area contributed by atoms with Crippen LogP contribution in [-0.2, 0) is 4.79 Å². The minimum atomic E-state index is -0.483. The fourth-order valence-corrected chi connectivity index (χ4v) is 2.72. The second-order valence-electron chi connectivity index (χ2n) is 4.61. The van der Waals surface area contributed by atoms with Crippen LogP contribution in [0.15, 0.2) is 22.7 Å². The Labute approximate surface area is 118 Å². The molecule has 1 saturated carbocycles. The van der Waals surface area contributed by atoms with Gasteiger partial charge in [0.25, 0.3) is 5.69 Å². The highest BCUT2D eigenvalue weighted by Crippen LogP contribution is 2.30. The van der Waals surface area contributed by atoms with Gasteiger partial charge in [-0.1, -0.05) is 6.42 Å². The summed E-state index contributed by atoms with van der Waals surface area (Å²) in [7, 11) is 0. The molecule has 2 atom stereocenters. The van der Waals surface area contributed by atoms with Crippen LogP contribution in [0.1, 0.15) is 19.3 Å². The minimum absolute atomic E-state index is 0.0255. The molecule has 0 aromatic heterocycles. The van der Waals surface area contributed by atoms with E-state index in [2.05, 4.69) is 21.2 Å². The number of non-ortho nitro benzene ring substituents is 1. The van der Waals surface area contributed by atoms with Crippen LogP contribution in [0.25, 0.3) is 0 Å². The molecule has 6 nitrogen and oxygen atoms in total. The van der Waals surface area contributed by atoms with Crippen molar-refractivity contribution in [1.82, 2.24) is 0 Å². The monoisotopic (exact) mass is 327 g/mol. The van der Waals surface area contributed by atoms with Crippen molar-refractivity contribution < 1.29 is 9.72 Å². The van der Waals surface area contributed by atoms with Crippen LogP contribution in [-0.4, -0.2) is 16.9 Å².